The van der Waals surface area contributed by atoms with Crippen LogP contribution in [-0.4, -0.2) is 28.5 Å². The summed E-state index contributed by atoms with van der Waals surface area (Å²) >= 11 is 3.19. The SMILES string of the molecule is O=C1CCN(C(=O)O)c2ncc(Br)cc21. The Labute approximate surface area is 93.8 Å². The molecule has 2 rings (SSSR count). The minimum atomic E-state index is -1.08. The molecule has 1 aromatic rings. The number of carbonyl (C=O) groups excluding carboxylic acids is 1. The summed E-state index contributed by atoms with van der Waals surface area (Å²) < 4.78 is 0.668. The van der Waals surface area contributed by atoms with Gasteiger partial charge in [-0.05, 0) is 22.0 Å². The molecule has 1 aromatic heterocycles. The first-order valence-corrected chi connectivity index (χ1v) is 5.08. The predicted octanol–water partition coefficient (Wildman–Crippen LogP) is 1.91. The maximum atomic E-state index is 11.5. The van der Waals surface area contributed by atoms with E-state index in [-0.39, 0.29) is 24.6 Å². The molecule has 0 saturated carbocycles. The van der Waals surface area contributed by atoms with Crippen molar-refractivity contribution in [1.82, 2.24) is 4.98 Å². The molecule has 0 radical (unpaired) electrons. The molecule has 0 aliphatic carbocycles. The van der Waals surface area contributed by atoms with Crippen LogP contribution in [0.15, 0.2) is 16.7 Å². The molecule has 1 N–H and O–H groups in total. The maximum absolute atomic E-state index is 11.5. The zero-order valence-electron chi connectivity index (χ0n) is 7.61. The first kappa shape index (κ1) is 10.1. The van der Waals surface area contributed by atoms with Crippen LogP contribution in [0.1, 0.15) is 16.8 Å². The molecule has 15 heavy (non-hydrogen) atoms. The van der Waals surface area contributed by atoms with E-state index in [1.54, 1.807) is 6.07 Å². The molecular formula is C9H7BrN2O3. The van der Waals surface area contributed by atoms with E-state index >= 15 is 0 Å². The van der Waals surface area contributed by atoms with Gasteiger partial charge in [0, 0.05) is 23.6 Å². The molecule has 2 heterocycles. The second kappa shape index (κ2) is 3.62. The van der Waals surface area contributed by atoms with Crippen LogP contribution in [0, 0.1) is 0 Å². The van der Waals surface area contributed by atoms with Gasteiger partial charge in [-0.15, -0.1) is 0 Å². The average Bonchev–Trinajstić information content (AvgIpc) is 2.19. The van der Waals surface area contributed by atoms with Crippen LogP contribution in [0.2, 0.25) is 0 Å². The number of nitrogens with zero attached hydrogens (tertiary/aromatic N) is 2. The summed E-state index contributed by atoms with van der Waals surface area (Å²) in [6.45, 7) is 0.176. The largest absolute Gasteiger partial charge is 0.465 e. The topological polar surface area (TPSA) is 70.5 Å². The molecule has 0 saturated heterocycles. The highest BCUT2D eigenvalue weighted by Gasteiger charge is 2.28. The molecule has 5 nitrogen and oxygen atoms in total. The van der Waals surface area contributed by atoms with Gasteiger partial charge in [0.2, 0.25) is 0 Å². The number of anilines is 1. The van der Waals surface area contributed by atoms with Gasteiger partial charge < -0.3 is 5.11 Å². The summed E-state index contributed by atoms with van der Waals surface area (Å²) in [7, 11) is 0. The molecule has 6 heteroatoms. The number of fused-ring (bicyclic) bond motifs is 1. The highest BCUT2D eigenvalue weighted by molar-refractivity contribution is 9.10. The molecule has 1 aliphatic rings. The van der Waals surface area contributed by atoms with Gasteiger partial charge in [-0.3, -0.25) is 9.69 Å². The fraction of sp³-hybridized carbons (Fsp3) is 0.222. The van der Waals surface area contributed by atoms with E-state index in [0.29, 0.717) is 10.0 Å². The lowest BCUT2D eigenvalue weighted by Gasteiger charge is -2.24. The van der Waals surface area contributed by atoms with E-state index in [2.05, 4.69) is 20.9 Å². The summed E-state index contributed by atoms with van der Waals surface area (Å²) in [6, 6.07) is 1.60. The van der Waals surface area contributed by atoms with Gasteiger partial charge in [0.25, 0.3) is 0 Å². The van der Waals surface area contributed by atoms with Gasteiger partial charge in [-0.25, -0.2) is 9.78 Å². The van der Waals surface area contributed by atoms with E-state index in [0.717, 1.165) is 4.90 Å². The summed E-state index contributed by atoms with van der Waals surface area (Å²) in [6.07, 6.45) is 0.601. The van der Waals surface area contributed by atoms with Gasteiger partial charge in [-0.2, -0.15) is 0 Å². The zero-order chi connectivity index (χ0) is 11.0. The number of halogens is 1. The molecule has 0 unspecified atom stereocenters. The Kier molecular flexibility index (Phi) is 2.44. The summed E-state index contributed by atoms with van der Waals surface area (Å²) in [5, 5.41) is 8.90. The lowest BCUT2D eigenvalue weighted by atomic mass is 10.1. The summed E-state index contributed by atoms with van der Waals surface area (Å²) in [5.74, 6) is 0.151. The second-order valence-electron chi connectivity index (χ2n) is 3.13. The lowest BCUT2D eigenvalue weighted by Crippen LogP contribution is -2.37. The molecule has 0 atom stereocenters. The van der Waals surface area contributed by atoms with Crippen molar-refractivity contribution in [1.29, 1.82) is 0 Å². The van der Waals surface area contributed by atoms with Gasteiger partial charge in [-0.1, -0.05) is 0 Å². The van der Waals surface area contributed by atoms with Crippen molar-refractivity contribution < 1.29 is 14.7 Å². The van der Waals surface area contributed by atoms with Crippen LogP contribution >= 0.6 is 15.9 Å². The first-order chi connectivity index (χ1) is 7.09. The fourth-order valence-electron chi connectivity index (χ4n) is 1.49. The van der Waals surface area contributed by atoms with Crippen LogP contribution in [0.4, 0.5) is 10.6 Å². The number of amides is 1. The molecule has 0 aromatic carbocycles. The molecule has 0 fully saturated rings. The maximum Gasteiger partial charge on any atom is 0.413 e. The van der Waals surface area contributed by atoms with Gasteiger partial charge >= 0.3 is 6.09 Å². The molecular weight excluding hydrogens is 264 g/mol. The van der Waals surface area contributed by atoms with E-state index < -0.39 is 6.09 Å². The van der Waals surface area contributed by atoms with Crippen LogP contribution in [0.5, 0.6) is 0 Å². The van der Waals surface area contributed by atoms with Crippen LogP contribution in [-0.2, 0) is 0 Å². The van der Waals surface area contributed by atoms with Gasteiger partial charge in [0.15, 0.2) is 5.78 Å². The standard InChI is InChI=1S/C9H7BrN2O3/c10-5-3-6-7(13)1-2-12(9(14)15)8(6)11-4-5/h3-4H,1-2H2,(H,14,15). The number of carbonyl (C=O) groups is 2. The van der Waals surface area contributed by atoms with E-state index in [1.807, 2.05) is 0 Å². The summed E-state index contributed by atoms with van der Waals surface area (Å²) in [5.41, 5.74) is 0.359. The Morgan fingerprint density at radius 2 is 2.33 bits per heavy atom. The normalized spacial score (nSPS) is 15.0. The van der Waals surface area contributed by atoms with Crippen LogP contribution < -0.4 is 4.90 Å². The minimum Gasteiger partial charge on any atom is -0.465 e. The minimum absolute atomic E-state index is 0.0729. The zero-order valence-corrected chi connectivity index (χ0v) is 9.19. The third-order valence-electron chi connectivity index (χ3n) is 2.18. The number of pyridine rings is 1. The van der Waals surface area contributed by atoms with Crippen molar-refractivity contribution in [3.63, 3.8) is 0 Å². The van der Waals surface area contributed by atoms with E-state index in [1.165, 1.54) is 6.20 Å². The first-order valence-electron chi connectivity index (χ1n) is 4.29. The number of ketones is 1. The third-order valence-corrected chi connectivity index (χ3v) is 2.62. The Morgan fingerprint density at radius 1 is 1.60 bits per heavy atom. The average molecular weight is 271 g/mol. The number of aromatic nitrogens is 1. The predicted molar refractivity (Wildman–Crippen MR) is 56.3 cm³/mol. The van der Waals surface area contributed by atoms with Gasteiger partial charge in [0.05, 0.1) is 5.56 Å². The third kappa shape index (κ3) is 1.72. The number of carboxylic acid groups (broad SMARTS) is 1. The Morgan fingerprint density at radius 3 is 3.00 bits per heavy atom. The van der Waals surface area contributed by atoms with Crippen molar-refractivity contribution in [2.24, 2.45) is 0 Å². The quantitative estimate of drug-likeness (QED) is 0.782. The van der Waals surface area contributed by atoms with E-state index in [9.17, 15) is 9.59 Å². The van der Waals surface area contributed by atoms with Crippen LogP contribution in [0.3, 0.4) is 0 Å². The monoisotopic (exact) mass is 270 g/mol. The van der Waals surface area contributed by atoms with Crippen molar-refractivity contribution in [3.8, 4) is 0 Å². The smallest absolute Gasteiger partial charge is 0.413 e. The number of hydrogen-bond donors (Lipinski definition) is 1. The number of rotatable bonds is 0. The van der Waals surface area contributed by atoms with E-state index in [4.69, 9.17) is 5.11 Å². The number of hydrogen-bond acceptors (Lipinski definition) is 3. The Hall–Kier alpha value is -1.43. The summed E-state index contributed by atoms with van der Waals surface area (Å²) in [4.78, 5) is 27.4. The Bertz CT molecular complexity index is 447. The van der Waals surface area contributed by atoms with Crippen molar-refractivity contribution >= 4 is 33.6 Å². The van der Waals surface area contributed by atoms with Gasteiger partial charge in [0.1, 0.15) is 5.82 Å². The van der Waals surface area contributed by atoms with Crippen molar-refractivity contribution in [2.45, 2.75) is 6.42 Å². The lowest BCUT2D eigenvalue weighted by molar-refractivity contribution is 0.0979. The van der Waals surface area contributed by atoms with Crippen molar-refractivity contribution in [3.05, 3.63) is 22.3 Å². The fourth-order valence-corrected chi connectivity index (χ4v) is 1.82. The molecule has 0 bridgehead atoms. The number of Topliss-reactive ketones (excluding diaryl/α,β-unsaturated/α-hetero) is 1. The molecule has 78 valence electrons. The molecule has 0 spiro atoms. The highest BCUT2D eigenvalue weighted by Crippen LogP contribution is 2.27. The van der Waals surface area contributed by atoms with Crippen LogP contribution in [0.25, 0.3) is 0 Å². The van der Waals surface area contributed by atoms with Crippen molar-refractivity contribution in [2.75, 3.05) is 11.4 Å². The second-order valence-corrected chi connectivity index (χ2v) is 4.05. The molecule has 1 amide bonds. The highest BCUT2D eigenvalue weighted by atomic mass is 79.9. The Balaban J connectivity index is 2.55. The molecule has 1 aliphatic heterocycles.